The van der Waals surface area contributed by atoms with Gasteiger partial charge in [-0.1, -0.05) is 11.6 Å². The number of phenols is 2. The van der Waals surface area contributed by atoms with Crippen LogP contribution in [0.5, 0.6) is 11.5 Å². The standard InChI is InChI=1S/C9H12ClNO3/c1-5-3-7(12)9(13)8(10)6(5)4-11-14-2/h3,11-13H,4H2,1-2H3. The molecule has 1 rings (SSSR count). The van der Waals surface area contributed by atoms with Gasteiger partial charge in [-0.2, -0.15) is 5.48 Å². The van der Waals surface area contributed by atoms with Gasteiger partial charge in [0.25, 0.3) is 0 Å². The molecule has 0 spiro atoms. The van der Waals surface area contributed by atoms with Gasteiger partial charge in [-0.25, -0.2) is 0 Å². The molecule has 0 heterocycles. The van der Waals surface area contributed by atoms with Crippen molar-refractivity contribution in [1.29, 1.82) is 0 Å². The molecule has 0 bridgehead atoms. The molecule has 78 valence electrons. The van der Waals surface area contributed by atoms with Crippen LogP contribution in [0.25, 0.3) is 0 Å². The molecule has 0 aliphatic carbocycles. The fourth-order valence-electron chi connectivity index (χ4n) is 1.15. The van der Waals surface area contributed by atoms with E-state index >= 15 is 0 Å². The van der Waals surface area contributed by atoms with Crippen LogP contribution in [0, 0.1) is 6.92 Å². The highest BCUT2D eigenvalue weighted by molar-refractivity contribution is 6.33. The predicted octanol–water partition coefficient (Wildman–Crippen LogP) is 1.71. The summed E-state index contributed by atoms with van der Waals surface area (Å²) in [6.07, 6.45) is 0. The lowest BCUT2D eigenvalue weighted by atomic mass is 10.1. The maximum atomic E-state index is 9.36. The molecule has 3 N–H and O–H groups in total. The van der Waals surface area contributed by atoms with E-state index in [-0.39, 0.29) is 16.5 Å². The summed E-state index contributed by atoms with van der Waals surface area (Å²) < 4.78 is 0. The van der Waals surface area contributed by atoms with Crippen LogP contribution in [-0.2, 0) is 11.4 Å². The summed E-state index contributed by atoms with van der Waals surface area (Å²) in [5, 5.41) is 18.8. The Morgan fingerprint density at radius 3 is 2.71 bits per heavy atom. The molecule has 0 saturated carbocycles. The lowest BCUT2D eigenvalue weighted by Gasteiger charge is -2.11. The van der Waals surface area contributed by atoms with Crippen molar-refractivity contribution in [3.05, 3.63) is 22.2 Å². The van der Waals surface area contributed by atoms with Gasteiger partial charge in [-0.15, -0.1) is 0 Å². The van der Waals surface area contributed by atoms with Crippen LogP contribution in [0.2, 0.25) is 5.02 Å². The van der Waals surface area contributed by atoms with Crippen LogP contribution in [0.15, 0.2) is 6.07 Å². The Hall–Kier alpha value is -0.970. The van der Waals surface area contributed by atoms with E-state index in [4.69, 9.17) is 11.6 Å². The van der Waals surface area contributed by atoms with Gasteiger partial charge in [0.05, 0.1) is 12.1 Å². The van der Waals surface area contributed by atoms with Crippen LogP contribution >= 0.6 is 11.6 Å². The van der Waals surface area contributed by atoms with E-state index in [1.807, 2.05) is 0 Å². The Bertz CT molecular complexity index is 341. The van der Waals surface area contributed by atoms with E-state index in [0.717, 1.165) is 5.56 Å². The highest BCUT2D eigenvalue weighted by Crippen LogP contribution is 2.37. The number of aromatic hydroxyl groups is 2. The number of halogens is 1. The molecule has 0 saturated heterocycles. The van der Waals surface area contributed by atoms with Gasteiger partial charge in [0.1, 0.15) is 0 Å². The zero-order chi connectivity index (χ0) is 10.7. The second-order valence-corrected chi connectivity index (χ2v) is 3.26. The molecule has 14 heavy (non-hydrogen) atoms. The molecule has 1 aromatic rings. The largest absolute Gasteiger partial charge is 0.504 e. The fourth-order valence-corrected chi connectivity index (χ4v) is 1.46. The highest BCUT2D eigenvalue weighted by atomic mass is 35.5. The van der Waals surface area contributed by atoms with E-state index < -0.39 is 0 Å². The zero-order valence-corrected chi connectivity index (χ0v) is 8.72. The maximum Gasteiger partial charge on any atom is 0.176 e. The Labute approximate surface area is 87.0 Å². The van der Waals surface area contributed by atoms with Crippen molar-refractivity contribution in [2.75, 3.05) is 7.11 Å². The molecule has 1 aromatic carbocycles. The lowest BCUT2D eigenvalue weighted by molar-refractivity contribution is 0.0865. The summed E-state index contributed by atoms with van der Waals surface area (Å²) in [7, 11) is 1.49. The third kappa shape index (κ3) is 2.09. The number of hydroxylamine groups is 1. The lowest BCUT2D eigenvalue weighted by Crippen LogP contribution is -2.12. The number of rotatable bonds is 3. The monoisotopic (exact) mass is 217 g/mol. The third-order valence-corrected chi connectivity index (χ3v) is 2.35. The smallest absolute Gasteiger partial charge is 0.176 e. The number of nitrogens with one attached hydrogen (secondary N) is 1. The molecule has 0 fully saturated rings. The summed E-state index contributed by atoms with van der Waals surface area (Å²) in [5.41, 5.74) is 4.10. The molecule has 4 nitrogen and oxygen atoms in total. The predicted molar refractivity (Wildman–Crippen MR) is 53.4 cm³/mol. The quantitative estimate of drug-likeness (QED) is 0.533. The number of hydrogen-bond donors (Lipinski definition) is 3. The van der Waals surface area contributed by atoms with Gasteiger partial charge in [-0.05, 0) is 24.1 Å². The number of benzene rings is 1. The van der Waals surface area contributed by atoms with Crippen LogP contribution < -0.4 is 5.48 Å². The van der Waals surface area contributed by atoms with E-state index in [9.17, 15) is 10.2 Å². The molecule has 0 aliphatic rings. The van der Waals surface area contributed by atoms with Gasteiger partial charge in [0.15, 0.2) is 11.5 Å². The van der Waals surface area contributed by atoms with Gasteiger partial charge in [0, 0.05) is 6.54 Å². The number of aryl methyl sites for hydroxylation is 1. The molecule has 0 unspecified atom stereocenters. The molecule has 0 aromatic heterocycles. The normalized spacial score (nSPS) is 10.5. The summed E-state index contributed by atoms with van der Waals surface area (Å²) in [5.74, 6) is -0.515. The molecular formula is C9H12ClNO3. The topological polar surface area (TPSA) is 61.7 Å². The van der Waals surface area contributed by atoms with Gasteiger partial charge >= 0.3 is 0 Å². The Balaban J connectivity index is 3.09. The van der Waals surface area contributed by atoms with Crippen molar-refractivity contribution in [2.45, 2.75) is 13.5 Å². The number of hydrogen-bond acceptors (Lipinski definition) is 4. The average Bonchev–Trinajstić information content (AvgIpc) is 2.14. The van der Waals surface area contributed by atoms with Crippen LogP contribution in [0.1, 0.15) is 11.1 Å². The molecule has 0 aliphatic heterocycles. The van der Waals surface area contributed by atoms with E-state index in [2.05, 4.69) is 10.3 Å². The van der Waals surface area contributed by atoms with Gasteiger partial charge in [-0.3, -0.25) is 0 Å². The Morgan fingerprint density at radius 2 is 2.14 bits per heavy atom. The van der Waals surface area contributed by atoms with Crippen molar-refractivity contribution in [3.8, 4) is 11.5 Å². The first kappa shape index (κ1) is 11.1. The van der Waals surface area contributed by atoms with Crippen molar-refractivity contribution in [2.24, 2.45) is 0 Å². The van der Waals surface area contributed by atoms with Crippen molar-refractivity contribution >= 4 is 11.6 Å². The molecule has 0 amide bonds. The van der Waals surface area contributed by atoms with E-state index in [1.54, 1.807) is 6.92 Å². The van der Waals surface area contributed by atoms with Crippen molar-refractivity contribution in [1.82, 2.24) is 5.48 Å². The SMILES string of the molecule is CONCc1c(C)cc(O)c(O)c1Cl. The molecule has 5 heteroatoms. The summed E-state index contributed by atoms with van der Waals surface area (Å²) in [6, 6.07) is 1.45. The van der Waals surface area contributed by atoms with E-state index in [0.29, 0.717) is 12.1 Å². The van der Waals surface area contributed by atoms with Crippen molar-refractivity contribution in [3.63, 3.8) is 0 Å². The first-order valence-electron chi connectivity index (χ1n) is 4.03. The second-order valence-electron chi connectivity index (χ2n) is 2.88. The van der Waals surface area contributed by atoms with Crippen LogP contribution in [0.3, 0.4) is 0 Å². The van der Waals surface area contributed by atoms with Crippen LogP contribution in [-0.4, -0.2) is 17.3 Å². The average molecular weight is 218 g/mol. The van der Waals surface area contributed by atoms with Gasteiger partial charge < -0.3 is 15.1 Å². The Kier molecular flexibility index (Phi) is 3.57. The van der Waals surface area contributed by atoms with Crippen molar-refractivity contribution < 1.29 is 15.1 Å². The molecular weight excluding hydrogens is 206 g/mol. The van der Waals surface area contributed by atoms with Gasteiger partial charge in [0.2, 0.25) is 0 Å². The fraction of sp³-hybridized carbons (Fsp3) is 0.333. The highest BCUT2D eigenvalue weighted by Gasteiger charge is 2.12. The van der Waals surface area contributed by atoms with Crippen LogP contribution in [0.4, 0.5) is 0 Å². The molecule has 0 radical (unpaired) electrons. The second kappa shape index (κ2) is 4.50. The minimum absolute atomic E-state index is 0.145. The summed E-state index contributed by atoms with van der Waals surface area (Å²) in [6.45, 7) is 2.16. The van der Waals surface area contributed by atoms with E-state index in [1.165, 1.54) is 13.2 Å². The maximum absolute atomic E-state index is 9.36. The molecule has 0 atom stereocenters. The summed E-state index contributed by atoms with van der Waals surface area (Å²) >= 11 is 5.83. The first-order chi connectivity index (χ1) is 6.57. The summed E-state index contributed by atoms with van der Waals surface area (Å²) in [4.78, 5) is 4.67. The Morgan fingerprint density at radius 1 is 1.50 bits per heavy atom. The number of phenolic OH excluding ortho intramolecular Hbond substituents is 2. The minimum Gasteiger partial charge on any atom is -0.504 e. The third-order valence-electron chi connectivity index (χ3n) is 1.94. The zero-order valence-electron chi connectivity index (χ0n) is 7.97. The minimum atomic E-state index is -0.301. The first-order valence-corrected chi connectivity index (χ1v) is 4.41.